The summed E-state index contributed by atoms with van der Waals surface area (Å²) in [6.45, 7) is 3.43. The van der Waals surface area contributed by atoms with Crippen molar-refractivity contribution in [3.63, 3.8) is 0 Å². The molecule has 7 heteroatoms. The van der Waals surface area contributed by atoms with Crippen molar-refractivity contribution in [2.75, 3.05) is 6.61 Å². The van der Waals surface area contributed by atoms with Crippen molar-refractivity contribution in [1.29, 1.82) is 0 Å². The van der Waals surface area contributed by atoms with Gasteiger partial charge in [-0.3, -0.25) is 0 Å². The molecule has 2 aromatic rings. The summed E-state index contributed by atoms with van der Waals surface area (Å²) >= 11 is 0. The number of carbonyl (C=O) groups is 1. The van der Waals surface area contributed by atoms with Gasteiger partial charge in [-0.05, 0) is 50.5 Å². The third-order valence-corrected chi connectivity index (χ3v) is 4.27. The van der Waals surface area contributed by atoms with Crippen LogP contribution in [-0.2, 0) is 11.2 Å². The maximum Gasteiger partial charge on any atom is 0.357 e. The molecule has 1 aromatic carbocycles. The van der Waals surface area contributed by atoms with Crippen LogP contribution in [0.25, 0.3) is 11.1 Å². The number of aliphatic hydroxyl groups excluding tert-OH is 1. The zero-order valence-corrected chi connectivity index (χ0v) is 14.5. The first kappa shape index (κ1) is 18.3. The van der Waals surface area contributed by atoms with Crippen LogP contribution >= 0.6 is 0 Å². The highest BCUT2D eigenvalue weighted by Gasteiger charge is 2.29. The molecule has 0 aliphatic carbocycles. The standard InChI is InChI=1S/C19H19F2NO4/c1-3-25-19(24)16-9-14(12-5-4-11(20)8-15(12)21)13-6-7-17(10(2)23)26-18(13)22-16/h4-5,8-10,17,23H,3,6-7H2,1-2H3. The summed E-state index contributed by atoms with van der Waals surface area (Å²) < 4.78 is 38.3. The highest BCUT2D eigenvalue weighted by molar-refractivity contribution is 5.90. The van der Waals surface area contributed by atoms with E-state index in [-0.39, 0.29) is 23.7 Å². The lowest BCUT2D eigenvalue weighted by Gasteiger charge is -2.29. The van der Waals surface area contributed by atoms with E-state index in [0.29, 0.717) is 24.0 Å². The summed E-state index contributed by atoms with van der Waals surface area (Å²) in [5, 5.41) is 9.78. The highest BCUT2D eigenvalue weighted by Crippen LogP contribution is 2.37. The Morgan fingerprint density at radius 2 is 2.15 bits per heavy atom. The lowest BCUT2D eigenvalue weighted by molar-refractivity contribution is 0.0317. The first-order chi connectivity index (χ1) is 12.4. The molecule has 0 bridgehead atoms. The smallest absolute Gasteiger partial charge is 0.357 e. The molecule has 3 rings (SSSR count). The molecule has 26 heavy (non-hydrogen) atoms. The molecule has 1 aromatic heterocycles. The summed E-state index contributed by atoms with van der Waals surface area (Å²) in [6.07, 6.45) is -0.200. The maximum atomic E-state index is 14.3. The Hall–Kier alpha value is -2.54. The zero-order valence-electron chi connectivity index (χ0n) is 14.5. The first-order valence-corrected chi connectivity index (χ1v) is 8.42. The Bertz CT molecular complexity index is 839. The number of hydrogen-bond acceptors (Lipinski definition) is 5. The Morgan fingerprint density at radius 3 is 2.81 bits per heavy atom. The molecule has 0 saturated carbocycles. The van der Waals surface area contributed by atoms with Gasteiger partial charge in [-0.1, -0.05) is 0 Å². The lowest BCUT2D eigenvalue weighted by atomic mass is 9.93. The molecule has 1 N–H and O–H groups in total. The molecule has 0 amide bonds. The van der Waals surface area contributed by atoms with Crippen LogP contribution in [0.3, 0.4) is 0 Å². The van der Waals surface area contributed by atoms with E-state index in [4.69, 9.17) is 9.47 Å². The number of benzene rings is 1. The van der Waals surface area contributed by atoms with Gasteiger partial charge in [0, 0.05) is 17.2 Å². The Labute approximate surface area is 149 Å². The molecular weight excluding hydrogens is 344 g/mol. The van der Waals surface area contributed by atoms with Gasteiger partial charge in [0.15, 0.2) is 5.69 Å². The minimum absolute atomic E-state index is 0.0319. The van der Waals surface area contributed by atoms with Gasteiger partial charge < -0.3 is 14.6 Å². The van der Waals surface area contributed by atoms with Gasteiger partial charge in [-0.2, -0.15) is 0 Å². The van der Waals surface area contributed by atoms with Crippen molar-refractivity contribution in [2.24, 2.45) is 0 Å². The SMILES string of the molecule is CCOC(=O)c1cc(-c2ccc(F)cc2F)c2c(n1)OC(C(C)O)CC2. The summed E-state index contributed by atoms with van der Waals surface area (Å²) in [5.74, 6) is -1.94. The van der Waals surface area contributed by atoms with Crippen LogP contribution in [0.5, 0.6) is 5.88 Å². The molecule has 0 radical (unpaired) electrons. The van der Waals surface area contributed by atoms with Crippen LogP contribution < -0.4 is 4.74 Å². The van der Waals surface area contributed by atoms with Crippen molar-refractivity contribution in [3.8, 4) is 17.0 Å². The molecule has 2 heterocycles. The minimum atomic E-state index is -0.745. The van der Waals surface area contributed by atoms with E-state index in [9.17, 15) is 18.7 Å². The van der Waals surface area contributed by atoms with Crippen LogP contribution in [0.4, 0.5) is 8.78 Å². The predicted octanol–water partition coefficient (Wildman–Crippen LogP) is 3.28. The molecule has 2 unspecified atom stereocenters. The van der Waals surface area contributed by atoms with Crippen LogP contribution in [0.1, 0.15) is 36.3 Å². The highest BCUT2D eigenvalue weighted by atomic mass is 19.1. The van der Waals surface area contributed by atoms with Crippen molar-refractivity contribution in [3.05, 3.63) is 47.2 Å². The summed E-state index contributed by atoms with van der Waals surface area (Å²) in [5.41, 5.74) is 1.13. The van der Waals surface area contributed by atoms with E-state index >= 15 is 0 Å². The molecule has 1 aliphatic heterocycles. The minimum Gasteiger partial charge on any atom is -0.471 e. The van der Waals surface area contributed by atoms with E-state index in [1.54, 1.807) is 13.8 Å². The number of pyridine rings is 1. The number of rotatable bonds is 4. The Morgan fingerprint density at radius 1 is 1.38 bits per heavy atom. The van der Waals surface area contributed by atoms with Gasteiger partial charge in [-0.15, -0.1) is 0 Å². The third-order valence-electron chi connectivity index (χ3n) is 4.27. The topological polar surface area (TPSA) is 68.7 Å². The van der Waals surface area contributed by atoms with Gasteiger partial charge in [0.05, 0.1) is 12.7 Å². The van der Waals surface area contributed by atoms with Crippen molar-refractivity contribution in [2.45, 2.75) is 38.9 Å². The van der Waals surface area contributed by atoms with Gasteiger partial charge in [0.2, 0.25) is 5.88 Å². The van der Waals surface area contributed by atoms with Crippen LogP contribution in [0, 0.1) is 11.6 Å². The zero-order chi connectivity index (χ0) is 18.8. The fourth-order valence-electron chi connectivity index (χ4n) is 2.97. The number of aliphatic hydroxyl groups is 1. The van der Waals surface area contributed by atoms with E-state index in [1.807, 2.05) is 0 Å². The van der Waals surface area contributed by atoms with E-state index in [0.717, 1.165) is 12.1 Å². The second kappa shape index (κ2) is 7.37. The summed E-state index contributed by atoms with van der Waals surface area (Å²) in [6, 6.07) is 4.68. The molecular formula is C19H19F2NO4. The van der Waals surface area contributed by atoms with Gasteiger partial charge in [-0.25, -0.2) is 18.6 Å². The molecule has 1 aliphatic rings. The molecule has 0 fully saturated rings. The van der Waals surface area contributed by atoms with Crippen LogP contribution in [0.2, 0.25) is 0 Å². The number of ether oxygens (including phenoxy) is 2. The van der Waals surface area contributed by atoms with Gasteiger partial charge in [0.1, 0.15) is 17.7 Å². The van der Waals surface area contributed by atoms with Crippen molar-refractivity contribution < 1.29 is 28.2 Å². The third kappa shape index (κ3) is 3.53. The van der Waals surface area contributed by atoms with E-state index in [1.165, 1.54) is 12.1 Å². The number of fused-ring (bicyclic) bond motifs is 1. The lowest BCUT2D eigenvalue weighted by Crippen LogP contribution is -2.33. The number of esters is 1. The van der Waals surface area contributed by atoms with E-state index < -0.39 is 29.8 Å². The molecule has 5 nitrogen and oxygen atoms in total. The molecule has 0 spiro atoms. The number of hydrogen-bond donors (Lipinski definition) is 1. The second-order valence-electron chi connectivity index (χ2n) is 6.12. The Balaban J connectivity index is 2.15. The monoisotopic (exact) mass is 363 g/mol. The normalized spacial score (nSPS) is 17.2. The number of halogens is 2. The number of nitrogens with zero attached hydrogens (tertiary/aromatic N) is 1. The fraction of sp³-hybridized carbons (Fsp3) is 0.368. The van der Waals surface area contributed by atoms with Crippen molar-refractivity contribution >= 4 is 5.97 Å². The first-order valence-electron chi connectivity index (χ1n) is 8.42. The van der Waals surface area contributed by atoms with Crippen LogP contribution in [0.15, 0.2) is 24.3 Å². The second-order valence-corrected chi connectivity index (χ2v) is 6.12. The van der Waals surface area contributed by atoms with Crippen molar-refractivity contribution in [1.82, 2.24) is 4.98 Å². The largest absolute Gasteiger partial charge is 0.471 e. The average Bonchev–Trinajstić information content (AvgIpc) is 2.60. The predicted molar refractivity (Wildman–Crippen MR) is 90.0 cm³/mol. The summed E-state index contributed by atoms with van der Waals surface area (Å²) in [7, 11) is 0. The summed E-state index contributed by atoms with van der Waals surface area (Å²) in [4.78, 5) is 16.3. The van der Waals surface area contributed by atoms with Gasteiger partial charge in [0.25, 0.3) is 0 Å². The Kier molecular flexibility index (Phi) is 5.18. The maximum absolute atomic E-state index is 14.3. The molecule has 138 valence electrons. The van der Waals surface area contributed by atoms with E-state index in [2.05, 4.69) is 4.98 Å². The number of aromatic nitrogens is 1. The molecule has 2 atom stereocenters. The quantitative estimate of drug-likeness (QED) is 0.845. The number of carbonyl (C=O) groups excluding carboxylic acids is 1. The average molecular weight is 363 g/mol. The molecule has 0 saturated heterocycles. The fourth-order valence-corrected chi connectivity index (χ4v) is 2.97. The van der Waals surface area contributed by atoms with Gasteiger partial charge >= 0.3 is 5.97 Å². The van der Waals surface area contributed by atoms with Crippen LogP contribution in [-0.4, -0.2) is 34.9 Å².